The van der Waals surface area contributed by atoms with Crippen molar-refractivity contribution >= 4 is 8.07 Å². The number of rotatable bonds is 4. The summed E-state index contributed by atoms with van der Waals surface area (Å²) < 4.78 is 0. The molecule has 3 heteroatoms. The van der Waals surface area contributed by atoms with Crippen molar-refractivity contribution in [3.8, 4) is 11.5 Å². The van der Waals surface area contributed by atoms with Gasteiger partial charge in [0.1, 0.15) is 14.1 Å². The van der Waals surface area contributed by atoms with Crippen LogP contribution < -0.4 is 0 Å². The van der Waals surface area contributed by atoms with Gasteiger partial charge in [0, 0.05) is 0 Å². The topological polar surface area (TPSA) is 23.5 Å². The molecule has 0 amide bonds. The minimum Gasteiger partial charge on any atom is -0.312 e. The second-order valence-electron chi connectivity index (χ2n) is 6.42. The van der Waals surface area contributed by atoms with Crippen molar-refractivity contribution in [2.24, 2.45) is 0 Å². The van der Waals surface area contributed by atoms with Gasteiger partial charge in [0.05, 0.1) is 6.54 Å². The Morgan fingerprint density at radius 2 is 1.50 bits per heavy atom. The molecule has 0 spiro atoms. The molecule has 1 atom stereocenters. The zero-order valence-electron chi connectivity index (χ0n) is 13.5. The van der Waals surface area contributed by atoms with Gasteiger partial charge in [-0.05, 0) is 11.1 Å². The standard InChI is InChI=1S/C19H23NOSi/c1-22(2,3)15-14-19(18-12-8-5-9-13-18)20(21)16-17-10-6-4-7-11-17/h4-13,19,21H,16H2,1-3H3. The van der Waals surface area contributed by atoms with E-state index >= 15 is 0 Å². The lowest BCUT2D eigenvalue weighted by molar-refractivity contribution is -0.121. The summed E-state index contributed by atoms with van der Waals surface area (Å²) in [6.45, 7) is 7.09. The molecule has 1 N–H and O–H groups in total. The molecule has 0 aromatic heterocycles. The highest BCUT2D eigenvalue weighted by molar-refractivity contribution is 6.83. The molecular weight excluding hydrogens is 286 g/mol. The number of hydrogen-bond acceptors (Lipinski definition) is 2. The van der Waals surface area contributed by atoms with Gasteiger partial charge in [-0.3, -0.25) is 0 Å². The Balaban J connectivity index is 2.25. The highest BCUT2D eigenvalue weighted by Crippen LogP contribution is 2.20. The minimum atomic E-state index is -1.49. The summed E-state index contributed by atoms with van der Waals surface area (Å²) in [5.74, 6) is 3.28. The molecule has 0 fully saturated rings. The first-order valence-corrected chi connectivity index (χ1v) is 11.0. The second-order valence-corrected chi connectivity index (χ2v) is 11.2. The van der Waals surface area contributed by atoms with Crippen molar-refractivity contribution in [1.82, 2.24) is 5.06 Å². The third-order valence-corrected chi connectivity index (χ3v) is 4.08. The molecule has 2 aromatic rings. The number of nitrogens with zero attached hydrogens (tertiary/aromatic N) is 1. The molecule has 0 aliphatic rings. The summed E-state index contributed by atoms with van der Waals surface area (Å²) in [7, 11) is -1.49. The van der Waals surface area contributed by atoms with E-state index in [0.29, 0.717) is 6.54 Å². The average Bonchev–Trinajstić information content (AvgIpc) is 2.48. The van der Waals surface area contributed by atoms with Gasteiger partial charge in [-0.2, -0.15) is 5.06 Å². The van der Waals surface area contributed by atoms with E-state index in [4.69, 9.17) is 0 Å². The molecule has 22 heavy (non-hydrogen) atoms. The molecule has 0 bridgehead atoms. The predicted molar refractivity (Wildman–Crippen MR) is 94.1 cm³/mol. The first-order chi connectivity index (χ1) is 10.5. The van der Waals surface area contributed by atoms with Crippen LogP contribution in [0, 0.1) is 11.5 Å². The van der Waals surface area contributed by atoms with E-state index in [1.54, 1.807) is 0 Å². The normalized spacial score (nSPS) is 12.6. The number of hydroxylamine groups is 2. The Bertz CT molecular complexity index is 638. The Labute approximate surface area is 134 Å². The van der Waals surface area contributed by atoms with E-state index in [0.717, 1.165) is 11.1 Å². The lowest BCUT2D eigenvalue weighted by Gasteiger charge is -2.23. The molecule has 2 nitrogen and oxygen atoms in total. The maximum Gasteiger partial charge on any atom is 0.129 e. The largest absolute Gasteiger partial charge is 0.312 e. The van der Waals surface area contributed by atoms with Gasteiger partial charge in [0.25, 0.3) is 0 Å². The Hall–Kier alpha value is -1.86. The molecule has 2 rings (SSSR count). The fraction of sp³-hybridized carbons (Fsp3) is 0.263. The SMILES string of the molecule is C[Si](C)(C)C#CC(c1ccccc1)N(O)Cc1ccccc1. The van der Waals surface area contributed by atoms with Gasteiger partial charge >= 0.3 is 0 Å². The molecule has 1 unspecified atom stereocenters. The highest BCUT2D eigenvalue weighted by atomic mass is 28.3. The maximum absolute atomic E-state index is 10.6. The van der Waals surface area contributed by atoms with Crippen molar-refractivity contribution < 1.29 is 5.21 Å². The van der Waals surface area contributed by atoms with Crippen molar-refractivity contribution in [3.63, 3.8) is 0 Å². The van der Waals surface area contributed by atoms with E-state index in [1.165, 1.54) is 5.06 Å². The molecule has 0 saturated heterocycles. The van der Waals surface area contributed by atoms with E-state index in [2.05, 4.69) is 31.1 Å². The molecule has 0 radical (unpaired) electrons. The first kappa shape index (κ1) is 16.5. The van der Waals surface area contributed by atoms with Crippen molar-refractivity contribution in [3.05, 3.63) is 71.8 Å². The average molecular weight is 309 g/mol. The quantitative estimate of drug-likeness (QED) is 0.510. The monoisotopic (exact) mass is 309 g/mol. The third-order valence-electron chi connectivity index (χ3n) is 3.18. The minimum absolute atomic E-state index is 0.298. The third kappa shape index (κ3) is 5.16. The fourth-order valence-electron chi connectivity index (χ4n) is 2.11. The molecule has 0 aliphatic carbocycles. The predicted octanol–water partition coefficient (Wildman–Crippen LogP) is 4.50. The van der Waals surface area contributed by atoms with Crippen LogP contribution in [0.15, 0.2) is 60.7 Å². The smallest absolute Gasteiger partial charge is 0.129 e. The zero-order chi connectivity index (χ0) is 16.0. The lowest BCUT2D eigenvalue weighted by Crippen LogP contribution is -2.25. The summed E-state index contributed by atoms with van der Waals surface area (Å²) >= 11 is 0. The Kier molecular flexibility index (Phi) is 5.56. The molecule has 0 aliphatic heterocycles. The molecule has 0 saturated carbocycles. The summed E-state index contributed by atoms with van der Waals surface area (Å²) in [4.78, 5) is 0. The molecule has 2 aromatic carbocycles. The molecule has 114 valence electrons. The first-order valence-electron chi connectivity index (χ1n) is 7.53. The Morgan fingerprint density at radius 1 is 0.955 bits per heavy atom. The second kappa shape index (κ2) is 7.41. The van der Waals surface area contributed by atoms with Crippen LogP contribution in [0.4, 0.5) is 0 Å². The van der Waals surface area contributed by atoms with Crippen LogP contribution in [0.3, 0.4) is 0 Å². The summed E-state index contributed by atoms with van der Waals surface area (Å²) in [5.41, 5.74) is 5.46. The van der Waals surface area contributed by atoms with Gasteiger partial charge in [0.2, 0.25) is 0 Å². The van der Waals surface area contributed by atoms with Crippen LogP contribution in [-0.2, 0) is 6.54 Å². The fourth-order valence-corrected chi connectivity index (χ4v) is 2.68. The summed E-state index contributed by atoms with van der Waals surface area (Å²) in [6.07, 6.45) is 0. The zero-order valence-corrected chi connectivity index (χ0v) is 14.5. The van der Waals surface area contributed by atoms with Gasteiger partial charge < -0.3 is 5.21 Å². The van der Waals surface area contributed by atoms with Crippen LogP contribution in [0.1, 0.15) is 17.2 Å². The van der Waals surface area contributed by atoms with Crippen molar-refractivity contribution in [2.45, 2.75) is 32.2 Å². The van der Waals surface area contributed by atoms with Crippen LogP contribution in [0.25, 0.3) is 0 Å². The van der Waals surface area contributed by atoms with Crippen molar-refractivity contribution in [1.29, 1.82) is 0 Å². The number of benzene rings is 2. The van der Waals surface area contributed by atoms with E-state index in [9.17, 15) is 5.21 Å². The van der Waals surface area contributed by atoms with Gasteiger partial charge in [-0.1, -0.05) is 86.2 Å². The molecular formula is C19H23NOSi. The summed E-state index contributed by atoms with van der Waals surface area (Å²) in [6, 6.07) is 19.6. The van der Waals surface area contributed by atoms with Gasteiger partial charge in [-0.15, -0.1) is 5.54 Å². The van der Waals surface area contributed by atoms with Gasteiger partial charge in [-0.25, -0.2) is 0 Å². The maximum atomic E-state index is 10.6. The van der Waals surface area contributed by atoms with E-state index < -0.39 is 8.07 Å². The summed E-state index contributed by atoms with van der Waals surface area (Å²) in [5, 5.41) is 11.9. The van der Waals surface area contributed by atoms with Crippen molar-refractivity contribution in [2.75, 3.05) is 0 Å². The number of hydrogen-bond donors (Lipinski definition) is 1. The van der Waals surface area contributed by atoms with Crippen LogP contribution >= 0.6 is 0 Å². The van der Waals surface area contributed by atoms with E-state index in [-0.39, 0.29) is 6.04 Å². The molecule has 0 heterocycles. The Morgan fingerprint density at radius 3 is 2.05 bits per heavy atom. The van der Waals surface area contributed by atoms with Crippen LogP contribution in [0.2, 0.25) is 19.6 Å². The van der Waals surface area contributed by atoms with Crippen LogP contribution in [0.5, 0.6) is 0 Å². The van der Waals surface area contributed by atoms with Gasteiger partial charge in [0.15, 0.2) is 0 Å². The highest BCUT2D eigenvalue weighted by Gasteiger charge is 2.18. The van der Waals surface area contributed by atoms with Crippen LogP contribution in [-0.4, -0.2) is 18.3 Å². The lowest BCUT2D eigenvalue weighted by atomic mass is 10.1. The van der Waals surface area contributed by atoms with E-state index in [1.807, 2.05) is 60.7 Å².